The third-order valence-electron chi connectivity index (χ3n) is 0. The molecule has 0 aromatic rings. The number of hydrogen-bond acceptors (Lipinski definition) is 2. The van der Waals surface area contributed by atoms with Gasteiger partial charge in [-0.1, -0.05) is 0 Å². The fourth-order valence-electron chi connectivity index (χ4n) is 0. The molecular weight excluding hydrogens is 182 g/mol. The molecule has 4 heteroatoms. The summed E-state index contributed by atoms with van der Waals surface area (Å²) in [6, 6.07) is 0. The molecule has 0 spiro atoms. The van der Waals surface area contributed by atoms with Crippen LogP contribution in [0.1, 0.15) is 0 Å². The van der Waals surface area contributed by atoms with E-state index in [1.54, 1.807) is 0 Å². The molecule has 0 aromatic carbocycles. The van der Waals surface area contributed by atoms with Gasteiger partial charge < -0.3 is 0 Å². The van der Waals surface area contributed by atoms with Gasteiger partial charge in [0.2, 0.25) is 0 Å². The predicted molar refractivity (Wildman–Crippen MR) is 14.8 cm³/mol. The third-order valence-corrected chi connectivity index (χ3v) is 0. The van der Waals surface area contributed by atoms with Crippen molar-refractivity contribution in [1.29, 1.82) is 0 Å². The molecule has 35 valence electrons. The zero-order valence-corrected chi connectivity index (χ0v) is 4.91. The maximum atomic E-state index is 9.57. The van der Waals surface area contributed by atoms with Crippen LogP contribution in [0.4, 0.5) is 0 Å². The summed E-state index contributed by atoms with van der Waals surface area (Å²) in [4.78, 5) is 0. The molecule has 0 radical (unpaired) electrons. The van der Waals surface area contributed by atoms with E-state index in [0.29, 0.717) is 0 Å². The Morgan fingerprint density at radius 2 is 1.60 bits per heavy atom. The quantitative estimate of drug-likeness (QED) is 0.477. The van der Waals surface area contributed by atoms with Crippen LogP contribution in [-0.2, 0) is 25.6 Å². The van der Waals surface area contributed by atoms with Crippen LogP contribution in [0.25, 0.3) is 0 Å². The van der Waals surface area contributed by atoms with Gasteiger partial charge in [0.1, 0.15) is 0 Å². The van der Waals surface area contributed by atoms with Crippen molar-refractivity contribution in [2.75, 3.05) is 6.26 Å². The molecule has 0 saturated carbocycles. The van der Waals surface area contributed by atoms with E-state index >= 15 is 0 Å². The zero-order chi connectivity index (χ0) is 4.50. The van der Waals surface area contributed by atoms with Crippen molar-refractivity contribution in [3.05, 3.63) is 0 Å². The van der Waals surface area contributed by atoms with Crippen LogP contribution >= 0.6 is 0 Å². The molecule has 0 N–H and O–H groups in total. The molecule has 5 heavy (non-hydrogen) atoms. The summed E-state index contributed by atoms with van der Waals surface area (Å²) in [6.45, 7) is 0. The summed E-state index contributed by atoms with van der Waals surface area (Å²) in [5, 5.41) is 0. The average molecular weight is 186 g/mol. The molecule has 0 amide bonds. The first kappa shape index (κ1) is 5.61. The first-order valence-electron chi connectivity index (χ1n) is 0.871. The van der Waals surface area contributed by atoms with Gasteiger partial charge in [-0.05, 0) is 0 Å². The molecule has 0 saturated heterocycles. The van der Waals surface area contributed by atoms with Crippen LogP contribution in [0.15, 0.2) is 0 Å². The summed E-state index contributed by atoms with van der Waals surface area (Å²) < 4.78 is 19.1. The Morgan fingerprint density at radius 3 is 1.60 bits per heavy atom. The average Bonchev–Trinajstić information content (AvgIpc) is 0.722. The van der Waals surface area contributed by atoms with E-state index in [1.165, 1.54) is 0 Å². The van der Waals surface area contributed by atoms with E-state index in [2.05, 4.69) is 17.9 Å². The molecule has 0 aliphatic carbocycles. The van der Waals surface area contributed by atoms with E-state index in [1.807, 2.05) is 0 Å². The fraction of sp³-hybridized carbons (Fsp3) is 1.00. The summed E-state index contributed by atoms with van der Waals surface area (Å²) in [7, 11) is -2.82. The molecule has 0 aliphatic rings. The topological polar surface area (TPSA) is 34.1 Å². The maximum absolute atomic E-state index is 9.57. The van der Waals surface area contributed by atoms with Crippen molar-refractivity contribution < 1.29 is 26.4 Å². The van der Waals surface area contributed by atoms with Gasteiger partial charge in [0, 0.05) is 0 Å². The van der Waals surface area contributed by atoms with E-state index in [4.69, 9.17) is 0 Å². The summed E-state index contributed by atoms with van der Waals surface area (Å²) in [5.41, 5.74) is 0. The van der Waals surface area contributed by atoms with Gasteiger partial charge in [-0.25, -0.2) is 0 Å². The van der Waals surface area contributed by atoms with Crippen LogP contribution in [0, 0.1) is 0 Å². The minimum absolute atomic E-state index is 1.09. The van der Waals surface area contributed by atoms with Gasteiger partial charge in [-0.3, -0.25) is 0 Å². The van der Waals surface area contributed by atoms with Gasteiger partial charge in [0.25, 0.3) is 0 Å². The molecule has 0 aliphatic heterocycles. The van der Waals surface area contributed by atoms with Crippen LogP contribution in [0.3, 0.4) is 0 Å². The van der Waals surface area contributed by atoms with Gasteiger partial charge in [-0.15, -0.1) is 0 Å². The van der Waals surface area contributed by atoms with Crippen molar-refractivity contribution in [3.8, 4) is 0 Å². The predicted octanol–water partition coefficient (Wildman–Crippen LogP) is -0.507. The molecule has 0 aromatic heterocycles. The number of rotatable bonds is 0. The van der Waals surface area contributed by atoms with Crippen molar-refractivity contribution in [2.24, 2.45) is 0 Å². The van der Waals surface area contributed by atoms with Gasteiger partial charge in [0.05, 0.1) is 0 Å². The monoisotopic (exact) mass is 185 g/mol. The normalized spacial score (nSPS) is 11.8. The van der Waals surface area contributed by atoms with Crippen molar-refractivity contribution in [1.82, 2.24) is 0 Å². The van der Waals surface area contributed by atoms with E-state index in [9.17, 15) is 8.42 Å². The number of hydrogen-bond donors (Lipinski definition) is 0. The third kappa shape index (κ3) is 83.9. The summed E-state index contributed by atoms with van der Waals surface area (Å²) in [5.74, 6) is 0. The molecule has 0 unspecified atom stereocenters. The Balaban J connectivity index is 4.06. The van der Waals surface area contributed by atoms with E-state index in [-0.39, 0.29) is 0 Å². The first-order valence-corrected chi connectivity index (χ1v) is 4.52. The minimum atomic E-state index is -2.82. The van der Waals surface area contributed by atoms with Crippen LogP contribution in [-0.4, -0.2) is 14.7 Å². The molecule has 2 nitrogen and oxygen atoms in total. The van der Waals surface area contributed by atoms with Gasteiger partial charge in [-0.2, -0.15) is 0 Å². The Bertz CT molecular complexity index is 92.8. The molecule has 0 fully saturated rings. The van der Waals surface area contributed by atoms with Gasteiger partial charge >= 0.3 is 40.3 Å². The van der Waals surface area contributed by atoms with Crippen LogP contribution < -0.4 is 0 Å². The van der Waals surface area contributed by atoms with E-state index < -0.39 is 7.66 Å². The van der Waals surface area contributed by atoms with Crippen molar-refractivity contribution >= 4 is 7.66 Å². The van der Waals surface area contributed by atoms with Crippen molar-refractivity contribution in [3.63, 3.8) is 0 Å². The molecule has 0 heterocycles. The molecule has 0 rings (SSSR count). The first-order chi connectivity index (χ1) is 2.00. The zero-order valence-electron chi connectivity index (χ0n) is 2.54. The molecule has 0 atom stereocenters. The Hall–Kier alpha value is 0.612. The summed E-state index contributed by atoms with van der Waals surface area (Å²) >= 11 is 2.11. The SMILES string of the molecule is C[S](=O)(=O)[Pd]. The van der Waals surface area contributed by atoms with Crippen LogP contribution in [0.5, 0.6) is 0 Å². The van der Waals surface area contributed by atoms with Gasteiger partial charge in [0.15, 0.2) is 0 Å². The molecule has 0 bridgehead atoms. The van der Waals surface area contributed by atoms with Crippen molar-refractivity contribution in [2.45, 2.75) is 0 Å². The van der Waals surface area contributed by atoms with E-state index in [0.717, 1.165) is 6.26 Å². The second kappa shape index (κ2) is 1.38. The Kier molecular flexibility index (Phi) is 1.55. The second-order valence-electron chi connectivity index (χ2n) is 0.636. The second-order valence-corrected chi connectivity index (χ2v) is 5.37. The molecular formula is CH3O2PdS. The Morgan fingerprint density at radius 1 is 1.60 bits per heavy atom. The standard InChI is InChI=1S/CH3O2S.Pd/c1-4(2)3;/h1H3;. The Labute approximate surface area is 40.7 Å². The fourth-order valence-corrected chi connectivity index (χ4v) is 0. The summed E-state index contributed by atoms with van der Waals surface area (Å²) in [6.07, 6.45) is 1.09. The van der Waals surface area contributed by atoms with Crippen LogP contribution in [0.2, 0.25) is 0 Å².